The maximum absolute atomic E-state index is 13.0. The quantitative estimate of drug-likeness (QED) is 0.469. The molecule has 0 bridgehead atoms. The number of carbonyl (C=O) groups excluding carboxylic acids is 2. The first kappa shape index (κ1) is 19.9. The van der Waals surface area contributed by atoms with Crippen LogP contribution in [0.4, 0.5) is 5.00 Å². The fourth-order valence-corrected chi connectivity index (χ4v) is 6.31. The molecule has 158 valence electrons. The normalized spacial score (nSPS) is 13.3. The van der Waals surface area contributed by atoms with Crippen LogP contribution in [0.15, 0.2) is 35.1 Å². The smallest absolute Gasteiger partial charge is 0.341 e. The first-order valence-corrected chi connectivity index (χ1v) is 11.6. The minimum absolute atomic E-state index is 0.108. The van der Waals surface area contributed by atoms with Gasteiger partial charge in [0, 0.05) is 17.9 Å². The summed E-state index contributed by atoms with van der Waals surface area (Å²) < 4.78 is 8.08. The van der Waals surface area contributed by atoms with Gasteiger partial charge in [0.1, 0.15) is 11.6 Å². The minimum Gasteiger partial charge on any atom is -0.455 e. The number of thiazole rings is 1. The Labute approximate surface area is 185 Å². The van der Waals surface area contributed by atoms with Crippen LogP contribution in [-0.4, -0.2) is 21.3 Å². The Kier molecular flexibility index (Phi) is 5.07. The molecule has 1 aliphatic carbocycles. The van der Waals surface area contributed by atoms with Gasteiger partial charge < -0.3 is 10.1 Å². The van der Waals surface area contributed by atoms with Crippen molar-refractivity contribution < 1.29 is 14.3 Å². The molecule has 3 heterocycles. The number of ether oxygens (including phenoxy) is 1. The first-order chi connectivity index (χ1) is 15.0. The molecule has 0 radical (unpaired) electrons. The maximum atomic E-state index is 13.0. The number of hydrogen-bond acceptors (Lipinski definition) is 7. The molecule has 5 rings (SSSR count). The van der Waals surface area contributed by atoms with E-state index in [9.17, 15) is 14.4 Å². The molecule has 0 saturated heterocycles. The lowest BCUT2D eigenvalue weighted by Gasteiger charge is -2.12. The number of aromatic nitrogens is 2. The van der Waals surface area contributed by atoms with Crippen LogP contribution in [0.5, 0.6) is 0 Å². The third-order valence-electron chi connectivity index (χ3n) is 5.26. The molecule has 0 saturated carbocycles. The topological polar surface area (TPSA) is 89.8 Å². The number of nitrogens with one attached hydrogen (secondary N) is 1. The highest BCUT2D eigenvalue weighted by Crippen LogP contribution is 2.38. The molecular formula is C22H19N3O4S2. The van der Waals surface area contributed by atoms with E-state index in [-0.39, 0.29) is 18.1 Å². The van der Waals surface area contributed by atoms with E-state index in [1.807, 2.05) is 24.3 Å². The predicted molar refractivity (Wildman–Crippen MR) is 121 cm³/mol. The molecule has 3 aromatic heterocycles. The molecule has 4 aromatic rings. The number of thiophene rings is 1. The van der Waals surface area contributed by atoms with E-state index in [1.54, 1.807) is 4.40 Å². The summed E-state index contributed by atoms with van der Waals surface area (Å²) in [7, 11) is 0. The molecule has 0 aliphatic heterocycles. The molecule has 0 unspecified atom stereocenters. The largest absolute Gasteiger partial charge is 0.455 e. The van der Waals surface area contributed by atoms with Gasteiger partial charge in [-0.05, 0) is 43.4 Å². The Morgan fingerprint density at radius 3 is 2.84 bits per heavy atom. The summed E-state index contributed by atoms with van der Waals surface area (Å²) in [5.41, 5.74) is 2.41. The number of carbonyl (C=O) groups is 2. The zero-order valence-electron chi connectivity index (χ0n) is 16.8. The number of hydrogen-bond donors (Lipinski definition) is 1. The van der Waals surface area contributed by atoms with E-state index >= 15 is 0 Å². The zero-order valence-corrected chi connectivity index (χ0v) is 18.4. The Hall–Kier alpha value is -3.04. The number of esters is 1. The Balaban J connectivity index is 1.44. The number of rotatable bonds is 4. The van der Waals surface area contributed by atoms with Crippen molar-refractivity contribution in [3.8, 4) is 0 Å². The number of aryl methyl sites for hydroxylation is 1. The predicted octanol–water partition coefficient (Wildman–Crippen LogP) is 4.16. The van der Waals surface area contributed by atoms with Crippen LogP contribution < -0.4 is 10.9 Å². The monoisotopic (exact) mass is 453 g/mol. The SMILES string of the molecule is CC(=O)Nc1sc2c(c1C(=O)OCc1cc(=O)n3c(n1)sc1ccccc13)CCCC2. The third-order valence-corrected chi connectivity index (χ3v) is 7.49. The molecule has 1 aliphatic rings. The van der Waals surface area contributed by atoms with E-state index in [4.69, 9.17) is 4.74 Å². The average molecular weight is 454 g/mol. The number of fused-ring (bicyclic) bond motifs is 4. The first-order valence-electron chi connectivity index (χ1n) is 10.0. The minimum atomic E-state index is -0.499. The second-order valence-corrected chi connectivity index (χ2v) is 9.56. The van der Waals surface area contributed by atoms with Gasteiger partial charge in [-0.2, -0.15) is 0 Å². The van der Waals surface area contributed by atoms with Crippen molar-refractivity contribution in [3.05, 3.63) is 62.4 Å². The standard InChI is InChI=1S/C22H19N3O4S2/c1-12(26)23-20-19(14-6-2-4-8-16(14)30-20)21(28)29-11-13-10-18(27)25-15-7-3-5-9-17(15)31-22(25)24-13/h3,5,7,9-10H,2,4,6,8,11H2,1H3,(H,23,26). The molecular weight excluding hydrogens is 434 g/mol. The third kappa shape index (κ3) is 3.64. The number of benzene rings is 1. The number of anilines is 1. The molecule has 1 aromatic carbocycles. The average Bonchev–Trinajstić information content (AvgIpc) is 3.29. The second-order valence-electron chi connectivity index (χ2n) is 7.45. The highest BCUT2D eigenvalue weighted by atomic mass is 32.1. The van der Waals surface area contributed by atoms with Crippen LogP contribution >= 0.6 is 22.7 Å². The van der Waals surface area contributed by atoms with Gasteiger partial charge in [0.15, 0.2) is 4.96 Å². The molecule has 9 heteroatoms. The fraction of sp³-hybridized carbons (Fsp3) is 0.273. The van der Waals surface area contributed by atoms with Crippen LogP contribution in [0.3, 0.4) is 0 Å². The van der Waals surface area contributed by atoms with Crippen molar-refractivity contribution >= 4 is 54.7 Å². The van der Waals surface area contributed by atoms with Crippen LogP contribution in [-0.2, 0) is 29.0 Å². The van der Waals surface area contributed by atoms with Gasteiger partial charge in [0.05, 0.1) is 21.5 Å². The lowest BCUT2D eigenvalue weighted by Crippen LogP contribution is -2.16. The van der Waals surface area contributed by atoms with Crippen LogP contribution in [0.25, 0.3) is 15.2 Å². The molecule has 0 spiro atoms. The summed E-state index contributed by atoms with van der Waals surface area (Å²) >= 11 is 2.86. The Morgan fingerprint density at radius 1 is 1.19 bits per heavy atom. The van der Waals surface area contributed by atoms with Gasteiger partial charge in [-0.15, -0.1) is 11.3 Å². The summed E-state index contributed by atoms with van der Waals surface area (Å²) in [6, 6.07) is 9.02. The molecule has 0 atom stereocenters. The molecule has 0 fully saturated rings. The fourth-order valence-electron chi connectivity index (χ4n) is 3.94. The summed E-state index contributed by atoms with van der Waals surface area (Å²) in [4.78, 5) is 43.5. The molecule has 7 nitrogen and oxygen atoms in total. The molecule has 1 N–H and O–H groups in total. The van der Waals surface area contributed by atoms with Gasteiger partial charge in [-0.3, -0.25) is 14.0 Å². The van der Waals surface area contributed by atoms with Crippen molar-refractivity contribution in [2.24, 2.45) is 0 Å². The van der Waals surface area contributed by atoms with E-state index in [0.29, 0.717) is 21.2 Å². The molecule has 31 heavy (non-hydrogen) atoms. The summed E-state index contributed by atoms with van der Waals surface area (Å²) in [6.45, 7) is 1.31. The summed E-state index contributed by atoms with van der Waals surface area (Å²) in [6.07, 6.45) is 3.78. The van der Waals surface area contributed by atoms with E-state index < -0.39 is 5.97 Å². The lowest BCUT2D eigenvalue weighted by molar-refractivity contribution is -0.114. The van der Waals surface area contributed by atoms with Gasteiger partial charge in [-0.1, -0.05) is 23.5 Å². The van der Waals surface area contributed by atoms with Crippen molar-refractivity contribution in [1.82, 2.24) is 9.38 Å². The maximum Gasteiger partial charge on any atom is 0.341 e. The van der Waals surface area contributed by atoms with E-state index in [0.717, 1.165) is 46.3 Å². The van der Waals surface area contributed by atoms with Crippen molar-refractivity contribution in [1.29, 1.82) is 0 Å². The van der Waals surface area contributed by atoms with Gasteiger partial charge >= 0.3 is 5.97 Å². The second kappa shape index (κ2) is 7.90. The highest BCUT2D eigenvalue weighted by molar-refractivity contribution is 7.23. The van der Waals surface area contributed by atoms with Gasteiger partial charge in [0.2, 0.25) is 5.91 Å². The number of amides is 1. The van der Waals surface area contributed by atoms with E-state index in [1.165, 1.54) is 35.7 Å². The van der Waals surface area contributed by atoms with Crippen molar-refractivity contribution in [3.63, 3.8) is 0 Å². The zero-order chi connectivity index (χ0) is 21.5. The van der Waals surface area contributed by atoms with Crippen LogP contribution in [0.2, 0.25) is 0 Å². The summed E-state index contributed by atoms with van der Waals surface area (Å²) in [5.74, 6) is -0.723. The Bertz CT molecular complexity index is 1400. The van der Waals surface area contributed by atoms with Crippen molar-refractivity contribution in [2.75, 3.05) is 5.32 Å². The number of nitrogens with zero attached hydrogens (tertiary/aromatic N) is 2. The van der Waals surface area contributed by atoms with Crippen molar-refractivity contribution in [2.45, 2.75) is 39.2 Å². The lowest BCUT2D eigenvalue weighted by atomic mass is 9.95. The highest BCUT2D eigenvalue weighted by Gasteiger charge is 2.27. The van der Waals surface area contributed by atoms with Crippen LogP contribution in [0.1, 0.15) is 46.3 Å². The van der Waals surface area contributed by atoms with Gasteiger partial charge in [0.25, 0.3) is 5.56 Å². The van der Waals surface area contributed by atoms with Gasteiger partial charge in [-0.25, -0.2) is 9.78 Å². The van der Waals surface area contributed by atoms with Crippen LogP contribution in [0, 0.1) is 0 Å². The van der Waals surface area contributed by atoms with E-state index in [2.05, 4.69) is 10.3 Å². The summed E-state index contributed by atoms with van der Waals surface area (Å²) in [5, 5.41) is 3.31. The Morgan fingerprint density at radius 2 is 2.00 bits per heavy atom. The number of para-hydroxylation sites is 1. The molecule has 1 amide bonds.